The van der Waals surface area contributed by atoms with Crippen LogP contribution in [0.2, 0.25) is 0 Å². The number of ketones is 1. The zero-order chi connectivity index (χ0) is 11.3. The van der Waals surface area contributed by atoms with Crippen LogP contribution < -0.4 is 5.73 Å². The Bertz CT molecular complexity index is 310. The van der Waals surface area contributed by atoms with Crippen molar-refractivity contribution in [2.75, 3.05) is 0 Å². The van der Waals surface area contributed by atoms with Gasteiger partial charge < -0.3 is 5.73 Å². The van der Waals surface area contributed by atoms with E-state index in [2.05, 4.69) is 0 Å². The Hall–Kier alpha value is -0.370. The van der Waals surface area contributed by atoms with Crippen LogP contribution in [0, 0.1) is 23.2 Å². The summed E-state index contributed by atoms with van der Waals surface area (Å²) in [6, 6.07) is 0.397. The third-order valence-corrected chi connectivity index (χ3v) is 5.85. The first-order chi connectivity index (χ1) is 7.63. The van der Waals surface area contributed by atoms with Gasteiger partial charge in [-0.3, -0.25) is 4.79 Å². The maximum atomic E-state index is 11.6. The van der Waals surface area contributed by atoms with Crippen molar-refractivity contribution in [1.82, 2.24) is 0 Å². The fraction of sp³-hybridized carbons (Fsp3) is 0.929. The number of rotatable bonds is 1. The molecule has 0 aromatic heterocycles. The number of hydrogen-bond donors (Lipinski definition) is 1. The molecule has 0 aliphatic heterocycles. The first-order valence-corrected chi connectivity index (χ1v) is 6.89. The SMILES string of the molecule is CC(=O)[C@@H]1CCC[C@@]2(C1)C1CC[C@H](C1)[C@H]2N. The zero-order valence-corrected chi connectivity index (χ0v) is 10.2. The van der Waals surface area contributed by atoms with Crippen LogP contribution in [0.1, 0.15) is 51.9 Å². The average molecular weight is 221 g/mol. The smallest absolute Gasteiger partial charge is 0.132 e. The summed E-state index contributed by atoms with van der Waals surface area (Å²) in [6.45, 7) is 1.77. The highest BCUT2D eigenvalue weighted by Gasteiger charge is 2.57. The first-order valence-electron chi connectivity index (χ1n) is 6.89. The molecule has 3 saturated carbocycles. The van der Waals surface area contributed by atoms with Gasteiger partial charge in [0, 0.05) is 12.0 Å². The minimum absolute atomic E-state index is 0.319. The van der Waals surface area contributed by atoms with E-state index in [-0.39, 0.29) is 0 Å². The van der Waals surface area contributed by atoms with Gasteiger partial charge in [-0.2, -0.15) is 0 Å². The lowest BCUT2D eigenvalue weighted by molar-refractivity contribution is -0.124. The lowest BCUT2D eigenvalue weighted by Gasteiger charge is -2.47. The van der Waals surface area contributed by atoms with Crippen molar-refractivity contribution >= 4 is 5.78 Å². The molecule has 3 aliphatic rings. The number of hydrogen-bond acceptors (Lipinski definition) is 2. The van der Waals surface area contributed by atoms with Crippen LogP contribution in [0.4, 0.5) is 0 Å². The minimum Gasteiger partial charge on any atom is -0.327 e. The fourth-order valence-corrected chi connectivity index (χ4v) is 4.97. The Morgan fingerprint density at radius 3 is 2.75 bits per heavy atom. The highest BCUT2D eigenvalue weighted by atomic mass is 16.1. The molecule has 1 unspecified atom stereocenters. The molecule has 3 aliphatic carbocycles. The summed E-state index contributed by atoms with van der Waals surface area (Å²) in [6.07, 6.45) is 8.80. The molecule has 0 aromatic rings. The summed E-state index contributed by atoms with van der Waals surface area (Å²) in [7, 11) is 0. The molecular weight excluding hydrogens is 198 g/mol. The largest absolute Gasteiger partial charge is 0.327 e. The van der Waals surface area contributed by atoms with Gasteiger partial charge in [-0.15, -0.1) is 0 Å². The monoisotopic (exact) mass is 221 g/mol. The fourth-order valence-electron chi connectivity index (χ4n) is 4.97. The van der Waals surface area contributed by atoms with Crippen molar-refractivity contribution in [3.8, 4) is 0 Å². The van der Waals surface area contributed by atoms with Crippen molar-refractivity contribution in [3.05, 3.63) is 0 Å². The summed E-state index contributed by atoms with van der Waals surface area (Å²) >= 11 is 0. The van der Waals surface area contributed by atoms with Crippen molar-refractivity contribution in [2.24, 2.45) is 28.9 Å². The van der Waals surface area contributed by atoms with Crippen LogP contribution in [0.3, 0.4) is 0 Å². The molecule has 0 radical (unpaired) electrons. The molecule has 0 saturated heterocycles. The number of fused-ring (bicyclic) bond motifs is 3. The van der Waals surface area contributed by atoms with E-state index in [0.717, 1.165) is 24.7 Å². The van der Waals surface area contributed by atoms with Gasteiger partial charge in [0.15, 0.2) is 0 Å². The van der Waals surface area contributed by atoms with Crippen molar-refractivity contribution in [3.63, 3.8) is 0 Å². The average Bonchev–Trinajstić information content (AvgIpc) is 2.84. The number of carbonyl (C=O) groups excluding carboxylic acids is 1. The van der Waals surface area contributed by atoms with E-state index in [1.807, 2.05) is 0 Å². The summed E-state index contributed by atoms with van der Waals surface area (Å²) in [5.74, 6) is 2.33. The highest BCUT2D eigenvalue weighted by Crippen LogP contribution is 2.61. The molecule has 1 spiro atoms. The lowest BCUT2D eigenvalue weighted by atomic mass is 9.59. The van der Waals surface area contributed by atoms with Crippen LogP contribution in [0.5, 0.6) is 0 Å². The molecule has 0 heterocycles. The maximum Gasteiger partial charge on any atom is 0.132 e. The Morgan fingerprint density at radius 2 is 2.12 bits per heavy atom. The highest BCUT2D eigenvalue weighted by molar-refractivity contribution is 5.78. The quantitative estimate of drug-likeness (QED) is 0.739. The predicted octanol–water partition coefficient (Wildman–Crippen LogP) is 2.51. The molecule has 2 nitrogen and oxygen atoms in total. The molecule has 3 fully saturated rings. The summed E-state index contributed by atoms with van der Waals surface area (Å²) in [4.78, 5) is 11.6. The molecule has 90 valence electrons. The van der Waals surface area contributed by atoms with E-state index in [1.54, 1.807) is 6.92 Å². The van der Waals surface area contributed by atoms with Gasteiger partial charge in [-0.05, 0) is 62.7 Å². The Balaban J connectivity index is 1.85. The second kappa shape index (κ2) is 3.56. The van der Waals surface area contributed by atoms with E-state index < -0.39 is 0 Å². The number of nitrogens with two attached hydrogens (primary N) is 1. The van der Waals surface area contributed by atoms with Gasteiger partial charge in [0.25, 0.3) is 0 Å². The van der Waals surface area contributed by atoms with Crippen LogP contribution in [0.15, 0.2) is 0 Å². The third kappa shape index (κ3) is 1.32. The molecule has 5 atom stereocenters. The van der Waals surface area contributed by atoms with Crippen LogP contribution in [0.25, 0.3) is 0 Å². The third-order valence-electron chi connectivity index (χ3n) is 5.85. The van der Waals surface area contributed by atoms with Crippen molar-refractivity contribution < 1.29 is 4.79 Å². The van der Waals surface area contributed by atoms with Gasteiger partial charge in [0.2, 0.25) is 0 Å². The standard InChI is InChI=1S/C14H23NO/c1-9(16)11-3-2-6-14(8-11)12-5-4-10(7-12)13(14)15/h10-13H,2-8,15H2,1H3/t10-,11-,12?,13-,14-/m1/s1. The first kappa shape index (κ1) is 10.8. The van der Waals surface area contributed by atoms with E-state index in [9.17, 15) is 4.79 Å². The zero-order valence-electron chi connectivity index (χ0n) is 10.2. The molecule has 3 rings (SSSR count). The molecule has 2 N–H and O–H groups in total. The van der Waals surface area contributed by atoms with E-state index >= 15 is 0 Å². The van der Waals surface area contributed by atoms with Gasteiger partial charge in [0.1, 0.15) is 5.78 Å². The molecular formula is C14H23NO. The van der Waals surface area contributed by atoms with Gasteiger partial charge in [0.05, 0.1) is 0 Å². The summed E-state index contributed by atoms with van der Waals surface area (Å²) < 4.78 is 0. The van der Waals surface area contributed by atoms with Crippen molar-refractivity contribution in [1.29, 1.82) is 0 Å². The Kier molecular flexibility index (Phi) is 2.39. The van der Waals surface area contributed by atoms with Crippen LogP contribution >= 0.6 is 0 Å². The van der Waals surface area contributed by atoms with Gasteiger partial charge in [-0.25, -0.2) is 0 Å². The van der Waals surface area contributed by atoms with Crippen LogP contribution in [-0.2, 0) is 4.79 Å². The lowest BCUT2D eigenvalue weighted by Crippen LogP contribution is -2.49. The maximum absolute atomic E-state index is 11.6. The van der Waals surface area contributed by atoms with E-state index in [0.29, 0.717) is 23.2 Å². The minimum atomic E-state index is 0.319. The topological polar surface area (TPSA) is 43.1 Å². The molecule has 0 aromatic carbocycles. The second-order valence-electron chi connectivity index (χ2n) is 6.43. The van der Waals surface area contributed by atoms with Crippen LogP contribution in [-0.4, -0.2) is 11.8 Å². The molecule has 16 heavy (non-hydrogen) atoms. The molecule has 2 heteroatoms. The number of carbonyl (C=O) groups is 1. The Labute approximate surface area is 98.0 Å². The van der Waals surface area contributed by atoms with Crippen molar-refractivity contribution in [2.45, 2.75) is 57.9 Å². The van der Waals surface area contributed by atoms with E-state index in [1.165, 1.54) is 32.1 Å². The van der Waals surface area contributed by atoms with Gasteiger partial charge in [-0.1, -0.05) is 6.42 Å². The number of Topliss-reactive ketones (excluding diaryl/α,β-unsaturated/α-hetero) is 1. The van der Waals surface area contributed by atoms with E-state index in [4.69, 9.17) is 5.73 Å². The summed E-state index contributed by atoms with van der Waals surface area (Å²) in [5.41, 5.74) is 6.84. The normalized spacial score (nSPS) is 51.1. The van der Waals surface area contributed by atoms with Gasteiger partial charge >= 0.3 is 0 Å². The summed E-state index contributed by atoms with van der Waals surface area (Å²) in [5, 5.41) is 0. The second-order valence-corrected chi connectivity index (χ2v) is 6.43. The molecule has 0 amide bonds. The predicted molar refractivity (Wildman–Crippen MR) is 63.9 cm³/mol. The Morgan fingerprint density at radius 1 is 1.31 bits per heavy atom. The molecule has 2 bridgehead atoms.